The maximum atomic E-state index is 13.1. The van der Waals surface area contributed by atoms with Gasteiger partial charge in [-0.1, -0.05) is 19.1 Å². The fourth-order valence-electron chi connectivity index (χ4n) is 3.04. The number of amides is 2. The first kappa shape index (κ1) is 23.7. The summed E-state index contributed by atoms with van der Waals surface area (Å²) in [6.07, 6.45) is 0.811. The van der Waals surface area contributed by atoms with Crippen LogP contribution in [-0.4, -0.2) is 43.0 Å². The minimum atomic E-state index is -0.228. The third-order valence-corrected chi connectivity index (χ3v) is 4.46. The van der Waals surface area contributed by atoms with Gasteiger partial charge in [0.2, 0.25) is 0 Å². The molecule has 2 rings (SSSR count). The lowest BCUT2D eigenvalue weighted by molar-refractivity contribution is -0.123. The first-order chi connectivity index (χ1) is 14.9. The lowest BCUT2D eigenvalue weighted by atomic mass is 10.1. The highest BCUT2D eigenvalue weighted by Crippen LogP contribution is 2.29. The fourth-order valence-corrected chi connectivity index (χ4v) is 3.04. The summed E-state index contributed by atoms with van der Waals surface area (Å²) < 4.78 is 10.9. The highest BCUT2D eigenvalue weighted by Gasteiger charge is 2.18. The summed E-state index contributed by atoms with van der Waals surface area (Å²) in [5, 5.41) is 11.7. The molecule has 2 aromatic rings. The quantitative estimate of drug-likeness (QED) is 0.631. The van der Waals surface area contributed by atoms with Crippen LogP contribution in [-0.2, 0) is 11.3 Å². The third kappa shape index (κ3) is 7.03. The van der Waals surface area contributed by atoms with Gasteiger partial charge in [0.05, 0.1) is 18.7 Å². The third-order valence-electron chi connectivity index (χ3n) is 4.46. The number of hydrogen-bond acceptors (Lipinski definition) is 5. The monoisotopic (exact) mass is 423 g/mol. The van der Waals surface area contributed by atoms with E-state index in [-0.39, 0.29) is 24.5 Å². The molecule has 0 fully saturated rings. The Labute approximate surface area is 183 Å². The molecule has 0 saturated heterocycles. The minimum absolute atomic E-state index is 0.0265. The first-order valence-corrected chi connectivity index (χ1v) is 10.3. The Morgan fingerprint density at radius 3 is 2.42 bits per heavy atom. The van der Waals surface area contributed by atoms with E-state index in [1.54, 1.807) is 35.2 Å². The Morgan fingerprint density at radius 1 is 1.13 bits per heavy atom. The molecule has 0 aliphatic heterocycles. The number of carbonyl (C=O) groups excluding carboxylic acids is 2. The minimum Gasteiger partial charge on any atom is -0.493 e. The largest absolute Gasteiger partial charge is 0.493 e. The van der Waals surface area contributed by atoms with Crippen molar-refractivity contribution in [1.82, 2.24) is 10.2 Å². The van der Waals surface area contributed by atoms with Gasteiger partial charge in [-0.25, -0.2) is 0 Å². The van der Waals surface area contributed by atoms with Crippen molar-refractivity contribution < 1.29 is 19.1 Å². The van der Waals surface area contributed by atoms with Crippen molar-refractivity contribution in [2.45, 2.75) is 39.8 Å². The molecule has 0 aliphatic carbocycles. The molecule has 31 heavy (non-hydrogen) atoms. The first-order valence-electron chi connectivity index (χ1n) is 10.3. The molecule has 164 valence electrons. The van der Waals surface area contributed by atoms with Crippen LogP contribution in [0.15, 0.2) is 42.5 Å². The van der Waals surface area contributed by atoms with E-state index in [0.29, 0.717) is 35.7 Å². The van der Waals surface area contributed by atoms with Crippen molar-refractivity contribution in [2.24, 2.45) is 0 Å². The predicted octanol–water partition coefficient (Wildman–Crippen LogP) is 3.52. The van der Waals surface area contributed by atoms with Crippen LogP contribution in [0.25, 0.3) is 0 Å². The van der Waals surface area contributed by atoms with Gasteiger partial charge in [0.25, 0.3) is 11.8 Å². The number of hydrogen-bond donors (Lipinski definition) is 1. The van der Waals surface area contributed by atoms with Crippen LogP contribution in [0.2, 0.25) is 0 Å². The van der Waals surface area contributed by atoms with Gasteiger partial charge >= 0.3 is 0 Å². The predicted molar refractivity (Wildman–Crippen MR) is 118 cm³/mol. The number of benzene rings is 2. The molecule has 0 unspecified atom stereocenters. The summed E-state index contributed by atoms with van der Waals surface area (Å²) in [5.74, 6) is 0.424. The summed E-state index contributed by atoms with van der Waals surface area (Å²) in [4.78, 5) is 26.7. The molecular weight excluding hydrogens is 394 g/mol. The molecule has 0 aromatic heterocycles. The zero-order valence-corrected chi connectivity index (χ0v) is 18.5. The lowest BCUT2D eigenvalue weighted by Crippen LogP contribution is -2.34. The van der Waals surface area contributed by atoms with E-state index in [4.69, 9.17) is 14.7 Å². The normalized spacial score (nSPS) is 10.3. The number of carbonyl (C=O) groups is 2. The van der Waals surface area contributed by atoms with E-state index in [2.05, 4.69) is 11.4 Å². The molecule has 0 saturated carbocycles. The van der Waals surface area contributed by atoms with Crippen molar-refractivity contribution in [1.29, 1.82) is 5.26 Å². The topological polar surface area (TPSA) is 91.7 Å². The van der Waals surface area contributed by atoms with Gasteiger partial charge in [0, 0.05) is 24.7 Å². The van der Waals surface area contributed by atoms with Crippen LogP contribution >= 0.6 is 0 Å². The van der Waals surface area contributed by atoms with Crippen molar-refractivity contribution in [3.8, 4) is 17.6 Å². The van der Waals surface area contributed by atoms with Crippen molar-refractivity contribution in [2.75, 3.05) is 20.3 Å². The molecule has 1 N–H and O–H groups in total. The number of rotatable bonds is 10. The molecule has 2 amide bonds. The second-order valence-electron chi connectivity index (χ2n) is 7.41. The summed E-state index contributed by atoms with van der Waals surface area (Å²) in [5.41, 5.74) is 2.00. The van der Waals surface area contributed by atoms with Gasteiger partial charge in [-0.3, -0.25) is 9.59 Å². The molecule has 7 nitrogen and oxygen atoms in total. The van der Waals surface area contributed by atoms with E-state index in [0.717, 1.165) is 12.0 Å². The van der Waals surface area contributed by atoms with Gasteiger partial charge in [-0.15, -0.1) is 0 Å². The zero-order chi connectivity index (χ0) is 22.8. The molecule has 0 atom stereocenters. The second-order valence-corrected chi connectivity index (χ2v) is 7.41. The van der Waals surface area contributed by atoms with Crippen LogP contribution < -0.4 is 14.8 Å². The summed E-state index contributed by atoms with van der Waals surface area (Å²) >= 11 is 0. The van der Waals surface area contributed by atoms with Gasteiger partial charge in [-0.2, -0.15) is 5.26 Å². The highest BCUT2D eigenvalue weighted by molar-refractivity contribution is 5.95. The standard InChI is InChI=1S/C24H29N3O4/c1-5-12-27(15-19-8-6-18(14-25)7-9-19)24(29)20-10-11-21(22(13-20)30-4)31-16-23(28)26-17(2)3/h6-11,13,17H,5,12,15-16H2,1-4H3,(H,26,28). The summed E-state index contributed by atoms with van der Waals surface area (Å²) in [6, 6.07) is 14.3. The number of nitrogens with zero attached hydrogens (tertiary/aromatic N) is 2. The smallest absolute Gasteiger partial charge is 0.258 e. The van der Waals surface area contributed by atoms with Crippen molar-refractivity contribution in [3.63, 3.8) is 0 Å². The van der Waals surface area contributed by atoms with Gasteiger partial charge in [-0.05, 0) is 56.2 Å². The molecule has 0 radical (unpaired) electrons. The van der Waals surface area contributed by atoms with Crippen LogP contribution in [0.5, 0.6) is 11.5 Å². The highest BCUT2D eigenvalue weighted by atomic mass is 16.5. The van der Waals surface area contributed by atoms with Crippen molar-refractivity contribution in [3.05, 3.63) is 59.2 Å². The van der Waals surface area contributed by atoms with E-state index in [9.17, 15) is 9.59 Å². The maximum absolute atomic E-state index is 13.1. The average Bonchev–Trinajstić information content (AvgIpc) is 2.76. The second kappa shape index (κ2) is 11.6. The van der Waals surface area contributed by atoms with Gasteiger partial charge in [0.1, 0.15) is 0 Å². The van der Waals surface area contributed by atoms with Crippen LogP contribution in [0, 0.1) is 11.3 Å². The number of ether oxygens (including phenoxy) is 2. The summed E-state index contributed by atoms with van der Waals surface area (Å²) in [6.45, 7) is 6.65. The molecular formula is C24H29N3O4. The number of methoxy groups -OCH3 is 1. The summed E-state index contributed by atoms with van der Waals surface area (Å²) in [7, 11) is 1.49. The Hall–Kier alpha value is -3.53. The molecule has 7 heteroatoms. The molecule has 2 aromatic carbocycles. The van der Waals surface area contributed by atoms with E-state index >= 15 is 0 Å². The maximum Gasteiger partial charge on any atom is 0.258 e. The molecule has 0 heterocycles. The average molecular weight is 424 g/mol. The lowest BCUT2D eigenvalue weighted by Gasteiger charge is -2.23. The van der Waals surface area contributed by atoms with Crippen LogP contribution in [0.4, 0.5) is 0 Å². The molecule has 0 spiro atoms. The van der Waals surface area contributed by atoms with Crippen LogP contribution in [0.1, 0.15) is 48.7 Å². The Balaban J connectivity index is 2.15. The van der Waals surface area contributed by atoms with Gasteiger partial charge < -0.3 is 19.7 Å². The Kier molecular flexibility index (Phi) is 8.89. The van der Waals surface area contributed by atoms with Crippen LogP contribution in [0.3, 0.4) is 0 Å². The van der Waals surface area contributed by atoms with E-state index in [1.807, 2.05) is 32.9 Å². The Morgan fingerprint density at radius 2 is 1.84 bits per heavy atom. The van der Waals surface area contributed by atoms with Crippen molar-refractivity contribution >= 4 is 11.8 Å². The Bertz CT molecular complexity index is 933. The number of nitriles is 1. The zero-order valence-electron chi connectivity index (χ0n) is 18.5. The van der Waals surface area contributed by atoms with E-state index in [1.165, 1.54) is 7.11 Å². The molecule has 0 aliphatic rings. The SMILES string of the molecule is CCCN(Cc1ccc(C#N)cc1)C(=O)c1ccc(OCC(=O)NC(C)C)c(OC)c1. The fraction of sp³-hybridized carbons (Fsp3) is 0.375. The molecule has 0 bridgehead atoms. The van der Waals surface area contributed by atoms with E-state index < -0.39 is 0 Å². The van der Waals surface area contributed by atoms with Gasteiger partial charge in [0.15, 0.2) is 18.1 Å². The number of nitrogens with one attached hydrogen (secondary N) is 1.